The molecule has 0 bridgehead atoms. The van der Waals surface area contributed by atoms with E-state index >= 15 is 0 Å². The first-order valence-corrected chi connectivity index (χ1v) is 4.81. The molecule has 60 valence electrons. The first-order valence-electron chi connectivity index (χ1n) is 2.75. The molecule has 0 aromatic carbocycles. The van der Waals surface area contributed by atoms with E-state index in [0.29, 0.717) is 6.42 Å². The minimum absolute atomic E-state index is 0.223. The van der Waals surface area contributed by atoms with Crippen LogP contribution in [0, 0.1) is 0 Å². The van der Waals surface area contributed by atoms with Crippen molar-refractivity contribution in [3.63, 3.8) is 0 Å². The third-order valence-electron chi connectivity index (χ3n) is 1.50. The lowest BCUT2D eigenvalue weighted by Crippen LogP contribution is -2.24. The fourth-order valence-corrected chi connectivity index (χ4v) is 2.82. The second-order valence-corrected chi connectivity index (χ2v) is 5.40. The molecule has 0 aromatic rings. The Hall–Kier alpha value is 1.45. The van der Waals surface area contributed by atoms with Gasteiger partial charge in [-0.15, -0.1) is 34.8 Å². The molecule has 0 amide bonds. The molecule has 0 aliphatic heterocycles. The van der Waals surface area contributed by atoms with Gasteiger partial charge in [0.2, 0.25) is 0 Å². The van der Waals surface area contributed by atoms with E-state index in [9.17, 15) is 0 Å². The van der Waals surface area contributed by atoms with Gasteiger partial charge in [0.1, 0.15) is 4.33 Å². The molecule has 0 saturated heterocycles. The summed E-state index contributed by atoms with van der Waals surface area (Å²) in [6.07, 6.45) is 0.444. The molecule has 1 aliphatic carbocycles. The number of hydrogen-bond acceptors (Lipinski definition) is 0. The van der Waals surface area contributed by atoms with Gasteiger partial charge in [-0.3, -0.25) is 0 Å². The van der Waals surface area contributed by atoms with Crippen LogP contribution in [0.2, 0.25) is 0 Å². The van der Waals surface area contributed by atoms with Gasteiger partial charge in [-0.2, -0.15) is 0 Å². The molecule has 0 spiro atoms. The van der Waals surface area contributed by atoms with Crippen molar-refractivity contribution in [2.24, 2.45) is 0 Å². The first kappa shape index (κ1) is 9.54. The largest absolute Gasteiger partial charge is 0.137 e. The van der Waals surface area contributed by atoms with Crippen molar-refractivity contribution in [2.45, 2.75) is 26.9 Å². The van der Waals surface area contributed by atoms with Crippen LogP contribution in [0.25, 0.3) is 0 Å². The zero-order valence-corrected chi connectivity index (χ0v) is 8.61. The summed E-state index contributed by atoms with van der Waals surface area (Å²) in [6.45, 7) is 0. The van der Waals surface area contributed by atoms with Gasteiger partial charge in [0, 0.05) is 0 Å². The van der Waals surface area contributed by atoms with Gasteiger partial charge in [0.05, 0.1) is 16.1 Å². The van der Waals surface area contributed by atoms with E-state index in [1.807, 2.05) is 0 Å². The minimum Gasteiger partial charge on any atom is -0.121 e. The number of hydrogen-bond donors (Lipinski definition) is 0. The highest BCUT2D eigenvalue weighted by molar-refractivity contribution is 6.55. The lowest BCUT2D eigenvalue weighted by molar-refractivity contribution is 0.824. The van der Waals surface area contributed by atoms with Crippen LogP contribution in [0.1, 0.15) is 6.42 Å². The smallest absolute Gasteiger partial charge is 0.121 e. The minimum atomic E-state index is -0.958. The zero-order chi connectivity index (χ0) is 7.94. The molecule has 0 radical (unpaired) electrons. The predicted octanol–water partition coefficient (Wildman–Crippen LogP) is 3.39. The quantitative estimate of drug-likeness (QED) is 0.571. The maximum Gasteiger partial charge on any atom is 0.137 e. The Balaban J connectivity index is 2.71. The van der Waals surface area contributed by atoms with E-state index in [2.05, 4.69) is 0 Å². The van der Waals surface area contributed by atoms with Crippen molar-refractivity contribution in [3.05, 3.63) is 0 Å². The van der Waals surface area contributed by atoms with Crippen molar-refractivity contribution in [3.8, 4) is 0 Å². The summed E-state index contributed by atoms with van der Waals surface area (Å²) >= 11 is 28.8. The Bertz CT molecular complexity index is 134. The molecule has 0 N–H and O–H groups in total. The summed E-state index contributed by atoms with van der Waals surface area (Å²) in [4.78, 5) is 0. The lowest BCUT2D eigenvalue weighted by atomic mass is 10.3. The fraction of sp³-hybridized carbons (Fsp3) is 1.00. The first-order chi connectivity index (χ1) is 4.45. The topological polar surface area (TPSA) is 0 Å². The summed E-state index contributed by atoms with van der Waals surface area (Å²) in [7, 11) is 0. The van der Waals surface area contributed by atoms with E-state index in [-0.39, 0.29) is 10.8 Å². The molecule has 0 heterocycles. The van der Waals surface area contributed by atoms with Gasteiger partial charge >= 0.3 is 0 Å². The summed E-state index contributed by atoms with van der Waals surface area (Å²) in [5.74, 6) is 0. The Morgan fingerprint density at radius 1 is 1.10 bits per heavy atom. The molecule has 1 fully saturated rings. The molecule has 5 heteroatoms. The van der Waals surface area contributed by atoms with Gasteiger partial charge in [-0.05, 0) is 6.42 Å². The highest BCUT2D eigenvalue weighted by atomic mass is 35.5. The molecule has 0 aromatic heterocycles. The van der Waals surface area contributed by atoms with Gasteiger partial charge in [0.15, 0.2) is 0 Å². The monoisotopic (exact) mass is 240 g/mol. The average Bonchev–Trinajstić information content (AvgIpc) is 1.95. The van der Waals surface area contributed by atoms with E-state index in [1.165, 1.54) is 0 Å². The van der Waals surface area contributed by atoms with Gasteiger partial charge in [-0.25, -0.2) is 0 Å². The third-order valence-corrected chi connectivity index (χ3v) is 4.38. The summed E-state index contributed by atoms with van der Waals surface area (Å²) in [5, 5.41) is -1.02. The highest BCUT2D eigenvalue weighted by Gasteiger charge is 2.49. The molecule has 0 nitrogen and oxygen atoms in total. The summed E-state index contributed by atoms with van der Waals surface area (Å²) < 4.78 is -0.958. The second kappa shape index (κ2) is 3.06. The molecular weight excluding hydrogens is 237 g/mol. The fourth-order valence-electron chi connectivity index (χ4n) is 0.901. The van der Waals surface area contributed by atoms with E-state index < -0.39 is 9.71 Å². The van der Waals surface area contributed by atoms with Crippen LogP contribution < -0.4 is 0 Å². The summed E-state index contributed by atoms with van der Waals surface area (Å²) in [5.41, 5.74) is 0. The van der Waals surface area contributed by atoms with Crippen LogP contribution in [0.3, 0.4) is 0 Å². The second-order valence-electron chi connectivity index (χ2n) is 2.33. The van der Waals surface area contributed by atoms with E-state index in [1.54, 1.807) is 0 Å². The highest BCUT2D eigenvalue weighted by Crippen LogP contribution is 2.47. The Morgan fingerprint density at radius 3 is 1.70 bits per heavy atom. The molecule has 1 aliphatic rings. The standard InChI is InChI=1S/C5H5Cl5/c6-2-1-5(9,10)4(8)3(2)7/h2-4H,1H2. The van der Waals surface area contributed by atoms with Crippen molar-refractivity contribution >= 4 is 58.0 Å². The van der Waals surface area contributed by atoms with Crippen LogP contribution in [-0.4, -0.2) is 20.5 Å². The number of alkyl halides is 5. The molecule has 1 rings (SSSR count). The predicted molar refractivity (Wildman–Crippen MR) is 48.0 cm³/mol. The Labute approximate surface area is 84.7 Å². The molecule has 3 atom stereocenters. The average molecular weight is 242 g/mol. The molecular formula is C5H5Cl5. The molecule has 3 unspecified atom stereocenters. The van der Waals surface area contributed by atoms with Gasteiger partial charge < -0.3 is 0 Å². The lowest BCUT2D eigenvalue weighted by Gasteiger charge is -2.15. The van der Waals surface area contributed by atoms with Gasteiger partial charge in [0.25, 0.3) is 0 Å². The SMILES string of the molecule is ClC1CC(Cl)(Cl)C(Cl)C1Cl. The normalized spacial score (nSPS) is 45.9. The maximum absolute atomic E-state index is 5.77. The van der Waals surface area contributed by atoms with Gasteiger partial charge in [-0.1, -0.05) is 23.2 Å². The third kappa shape index (κ3) is 1.61. The molecule has 10 heavy (non-hydrogen) atoms. The van der Waals surface area contributed by atoms with Crippen LogP contribution in [-0.2, 0) is 0 Å². The van der Waals surface area contributed by atoms with E-state index in [4.69, 9.17) is 58.0 Å². The summed E-state index contributed by atoms with van der Waals surface area (Å²) in [6, 6.07) is 0. The van der Waals surface area contributed by atoms with Crippen molar-refractivity contribution in [2.75, 3.05) is 0 Å². The zero-order valence-electron chi connectivity index (χ0n) is 4.83. The van der Waals surface area contributed by atoms with Crippen molar-refractivity contribution < 1.29 is 0 Å². The van der Waals surface area contributed by atoms with Crippen LogP contribution in [0.4, 0.5) is 0 Å². The molecule has 1 saturated carbocycles. The van der Waals surface area contributed by atoms with Crippen molar-refractivity contribution in [1.29, 1.82) is 0 Å². The number of halogens is 5. The van der Waals surface area contributed by atoms with Crippen LogP contribution in [0.5, 0.6) is 0 Å². The van der Waals surface area contributed by atoms with E-state index in [0.717, 1.165) is 0 Å². The maximum atomic E-state index is 5.77. The van der Waals surface area contributed by atoms with Crippen LogP contribution in [0.15, 0.2) is 0 Å². The van der Waals surface area contributed by atoms with Crippen LogP contribution >= 0.6 is 58.0 Å². The Morgan fingerprint density at radius 2 is 1.60 bits per heavy atom. The van der Waals surface area contributed by atoms with Crippen molar-refractivity contribution in [1.82, 2.24) is 0 Å². The Kier molecular flexibility index (Phi) is 2.92. The number of rotatable bonds is 0.